The van der Waals surface area contributed by atoms with Gasteiger partial charge in [-0.3, -0.25) is 0 Å². The minimum atomic E-state index is 0.596. The summed E-state index contributed by atoms with van der Waals surface area (Å²) >= 11 is 6.06. The molecule has 2 nitrogen and oxygen atoms in total. The summed E-state index contributed by atoms with van der Waals surface area (Å²) < 4.78 is 5.16. The van der Waals surface area contributed by atoms with E-state index in [0.29, 0.717) is 10.7 Å². The quantitative estimate of drug-likeness (QED) is 0.692. The van der Waals surface area contributed by atoms with E-state index in [9.17, 15) is 0 Å². The van der Waals surface area contributed by atoms with E-state index >= 15 is 0 Å². The molecule has 2 aromatic carbocycles. The molecule has 100 valence electrons. The van der Waals surface area contributed by atoms with Gasteiger partial charge in [0.15, 0.2) is 5.69 Å². The predicted octanol–water partition coefficient (Wildman–Crippen LogP) is 5.35. The van der Waals surface area contributed by atoms with Crippen LogP contribution in [0, 0.1) is 6.57 Å². The molecule has 0 spiro atoms. The van der Waals surface area contributed by atoms with Gasteiger partial charge in [0.1, 0.15) is 5.75 Å². The zero-order valence-electron chi connectivity index (χ0n) is 11.4. The number of hydrogen-bond acceptors (Lipinski definition) is 1. The van der Waals surface area contributed by atoms with E-state index < -0.39 is 0 Å². The van der Waals surface area contributed by atoms with Gasteiger partial charge in [0, 0.05) is 5.02 Å². The van der Waals surface area contributed by atoms with Gasteiger partial charge in [-0.2, -0.15) is 0 Å². The van der Waals surface area contributed by atoms with Gasteiger partial charge in [0.05, 0.1) is 13.7 Å². The van der Waals surface area contributed by atoms with Crippen molar-refractivity contribution in [1.29, 1.82) is 0 Å². The number of allylic oxidation sites excluding steroid dienone is 1. The number of methoxy groups -OCH3 is 1. The fourth-order valence-electron chi connectivity index (χ4n) is 2.07. The molecule has 0 aliphatic heterocycles. The van der Waals surface area contributed by atoms with E-state index in [1.807, 2.05) is 43.3 Å². The van der Waals surface area contributed by atoms with Crippen LogP contribution in [0.1, 0.15) is 18.1 Å². The summed E-state index contributed by atoms with van der Waals surface area (Å²) in [4.78, 5) is 3.57. The van der Waals surface area contributed by atoms with Crippen LogP contribution in [0.4, 0.5) is 5.69 Å². The summed E-state index contributed by atoms with van der Waals surface area (Å²) in [6.45, 7) is 9.24. The number of nitrogens with zero attached hydrogens (tertiary/aromatic N) is 1. The summed E-state index contributed by atoms with van der Waals surface area (Å²) in [6.07, 6.45) is 1.99. The Morgan fingerprint density at radius 2 is 1.90 bits per heavy atom. The summed E-state index contributed by atoms with van der Waals surface area (Å²) in [7, 11) is 1.64. The topological polar surface area (TPSA) is 13.6 Å². The van der Waals surface area contributed by atoms with Crippen molar-refractivity contribution in [2.75, 3.05) is 7.11 Å². The lowest BCUT2D eigenvalue weighted by molar-refractivity contribution is 0.415. The molecule has 0 amide bonds. The molecular formula is C17H14ClNO. The molecule has 0 aliphatic carbocycles. The van der Waals surface area contributed by atoms with Crippen molar-refractivity contribution in [1.82, 2.24) is 0 Å². The molecule has 0 radical (unpaired) electrons. The monoisotopic (exact) mass is 283 g/mol. The van der Waals surface area contributed by atoms with Gasteiger partial charge in [-0.1, -0.05) is 41.9 Å². The van der Waals surface area contributed by atoms with E-state index in [4.69, 9.17) is 22.9 Å². The molecule has 0 atom stereocenters. The van der Waals surface area contributed by atoms with E-state index in [0.717, 1.165) is 22.4 Å². The number of halogens is 1. The standard InChI is InChI=1S/C17H14ClNO/c1-4-15(12-5-8-14(20-3)9-6-12)16-11-13(18)7-10-17(16)19-2/h4-11H,1,3H3/b15-4+. The van der Waals surface area contributed by atoms with Gasteiger partial charge < -0.3 is 4.74 Å². The Bertz CT molecular complexity index is 681. The summed E-state index contributed by atoms with van der Waals surface area (Å²) in [5.41, 5.74) is 3.46. The lowest BCUT2D eigenvalue weighted by Crippen LogP contribution is -1.89. The van der Waals surface area contributed by atoms with Crippen LogP contribution in [-0.4, -0.2) is 7.11 Å². The van der Waals surface area contributed by atoms with Crippen molar-refractivity contribution in [2.45, 2.75) is 6.92 Å². The number of benzene rings is 2. The number of ether oxygens (including phenoxy) is 1. The maximum Gasteiger partial charge on any atom is 0.195 e. The minimum absolute atomic E-state index is 0.596. The SMILES string of the molecule is [C-]#[N+]c1ccc(Cl)cc1/C(=C/C)c1ccc(OC)cc1. The minimum Gasteiger partial charge on any atom is -0.497 e. The van der Waals surface area contributed by atoms with Crippen molar-refractivity contribution in [3.05, 3.63) is 76.1 Å². The predicted molar refractivity (Wildman–Crippen MR) is 83.5 cm³/mol. The van der Waals surface area contributed by atoms with Crippen LogP contribution >= 0.6 is 11.6 Å². The van der Waals surface area contributed by atoms with Crippen molar-refractivity contribution in [3.63, 3.8) is 0 Å². The molecular weight excluding hydrogens is 270 g/mol. The van der Waals surface area contributed by atoms with Gasteiger partial charge >= 0.3 is 0 Å². The molecule has 0 saturated carbocycles. The van der Waals surface area contributed by atoms with Crippen LogP contribution in [0.5, 0.6) is 5.75 Å². The van der Waals surface area contributed by atoms with Crippen LogP contribution in [-0.2, 0) is 0 Å². The van der Waals surface area contributed by atoms with Crippen LogP contribution in [0.3, 0.4) is 0 Å². The average Bonchev–Trinajstić information content (AvgIpc) is 2.49. The van der Waals surface area contributed by atoms with E-state index in [-0.39, 0.29) is 0 Å². The molecule has 0 heterocycles. The van der Waals surface area contributed by atoms with Crippen molar-refractivity contribution >= 4 is 22.9 Å². The van der Waals surface area contributed by atoms with Gasteiger partial charge in [-0.25, -0.2) is 4.85 Å². The first kappa shape index (κ1) is 14.2. The van der Waals surface area contributed by atoms with Gasteiger partial charge in [0.2, 0.25) is 0 Å². The van der Waals surface area contributed by atoms with Crippen LogP contribution in [0.15, 0.2) is 48.5 Å². The third-order valence-corrected chi connectivity index (χ3v) is 3.29. The highest BCUT2D eigenvalue weighted by atomic mass is 35.5. The lowest BCUT2D eigenvalue weighted by Gasteiger charge is -2.11. The van der Waals surface area contributed by atoms with Gasteiger partial charge in [-0.15, -0.1) is 0 Å². The van der Waals surface area contributed by atoms with E-state index in [2.05, 4.69) is 4.85 Å². The average molecular weight is 284 g/mol. The molecule has 0 aromatic heterocycles. The highest BCUT2D eigenvalue weighted by molar-refractivity contribution is 6.31. The van der Waals surface area contributed by atoms with Gasteiger partial charge in [-0.05, 0) is 41.8 Å². The highest BCUT2D eigenvalue weighted by Crippen LogP contribution is 2.34. The molecule has 20 heavy (non-hydrogen) atoms. The molecule has 0 aliphatic rings. The molecule has 2 rings (SSSR count). The first-order valence-corrected chi connectivity index (χ1v) is 6.55. The molecule has 3 heteroatoms. The van der Waals surface area contributed by atoms with Crippen LogP contribution in [0.2, 0.25) is 5.02 Å². The molecule has 0 saturated heterocycles. The molecule has 2 aromatic rings. The Balaban J connectivity index is 2.53. The number of rotatable bonds is 3. The Morgan fingerprint density at radius 1 is 1.20 bits per heavy atom. The third kappa shape index (κ3) is 2.84. The summed E-state index contributed by atoms with van der Waals surface area (Å²) in [5, 5.41) is 0.625. The first-order valence-electron chi connectivity index (χ1n) is 6.17. The normalized spacial score (nSPS) is 11.0. The second-order valence-electron chi connectivity index (χ2n) is 4.20. The molecule has 0 N–H and O–H groups in total. The van der Waals surface area contributed by atoms with E-state index in [1.165, 1.54) is 0 Å². The highest BCUT2D eigenvalue weighted by Gasteiger charge is 2.10. The van der Waals surface area contributed by atoms with Gasteiger partial charge in [0.25, 0.3) is 0 Å². The number of hydrogen-bond donors (Lipinski definition) is 0. The first-order chi connectivity index (χ1) is 9.69. The second kappa shape index (κ2) is 6.27. The third-order valence-electron chi connectivity index (χ3n) is 3.06. The maximum absolute atomic E-state index is 7.28. The second-order valence-corrected chi connectivity index (χ2v) is 4.64. The Kier molecular flexibility index (Phi) is 4.45. The van der Waals surface area contributed by atoms with Crippen LogP contribution in [0.25, 0.3) is 10.4 Å². The largest absolute Gasteiger partial charge is 0.497 e. The zero-order chi connectivity index (χ0) is 14.5. The van der Waals surface area contributed by atoms with Crippen LogP contribution < -0.4 is 4.74 Å². The fourth-order valence-corrected chi connectivity index (χ4v) is 2.24. The Hall–Kier alpha value is -2.24. The molecule has 0 unspecified atom stereocenters. The molecule has 0 bridgehead atoms. The zero-order valence-corrected chi connectivity index (χ0v) is 12.1. The van der Waals surface area contributed by atoms with Crippen molar-refractivity contribution in [2.24, 2.45) is 0 Å². The summed E-state index contributed by atoms with van der Waals surface area (Å²) in [6, 6.07) is 13.1. The fraction of sp³-hybridized carbons (Fsp3) is 0.118. The van der Waals surface area contributed by atoms with Crippen molar-refractivity contribution in [3.8, 4) is 5.75 Å². The smallest absolute Gasteiger partial charge is 0.195 e. The van der Waals surface area contributed by atoms with E-state index in [1.54, 1.807) is 19.2 Å². The Labute approximate surface area is 124 Å². The summed E-state index contributed by atoms with van der Waals surface area (Å²) in [5.74, 6) is 0.806. The maximum atomic E-state index is 7.28. The van der Waals surface area contributed by atoms with Crippen molar-refractivity contribution < 1.29 is 4.74 Å². The Morgan fingerprint density at radius 3 is 2.45 bits per heavy atom. The lowest BCUT2D eigenvalue weighted by atomic mass is 9.96. The molecule has 0 fully saturated rings.